The van der Waals surface area contributed by atoms with E-state index in [0.717, 1.165) is 50.9 Å². The van der Waals surface area contributed by atoms with E-state index in [0.29, 0.717) is 78.3 Å². The SMILES string of the molecule is CC1(C)CC[C@@H](CCCNc2cccc(S(=O)(=O)NC(=O)c3ccc(-n4cccc(OCCC5(C)CC5)c4=O)nc3Cl)n2)C1.CC1(CCOc2cccn(-c3ccc4c(n3)N3C[C@@H](CCCNc5cccc(n5)S(=O)(=O)NC4=O)CC3(C)C)c2=O)CC1. The number of anilines is 3. The van der Waals surface area contributed by atoms with Gasteiger partial charge in [0.05, 0.1) is 24.3 Å². The molecular formula is C63H78ClN11O10S2. The van der Waals surface area contributed by atoms with Gasteiger partial charge in [-0.2, -0.15) is 16.8 Å². The van der Waals surface area contributed by atoms with Gasteiger partial charge >= 0.3 is 0 Å². The molecule has 21 nitrogen and oxygen atoms in total. The highest BCUT2D eigenvalue weighted by molar-refractivity contribution is 7.90. The standard InChI is InChI=1S/C32H40ClN5O5S.C31H38N6O5S/c1-31(2)14-13-22(21-31)7-5-18-34-25-9-4-10-27(35-25)44(41,42)37-29(39)23-11-12-26(36-28(23)33)38-19-6-8-24(30(38)40)43-20-17-32(3)15-16-32;1-30(2)19-21-7-5-16-32-24-9-4-10-26(33-24)43(40,41)35-28(38)22-11-12-25(34-27(22)37(30)20-21)36-17-6-8-23(29(36)39)42-18-15-31(3)13-14-31/h4,6,8-12,19,22H,5,7,13-18,20-21H2,1-3H3,(H,34,35)(H,37,39);4,6,8-12,17,21H,5,7,13-16,18-20H2,1-3H3,(H,32,33)(H,35,38)/t22-;21-/m10/s1. The number of pyridine rings is 6. The number of carbonyl (C=O) groups is 2. The fourth-order valence-corrected chi connectivity index (χ4v) is 13.8. The zero-order valence-electron chi connectivity index (χ0n) is 50.2. The molecule has 6 aromatic heterocycles. The molecule has 3 saturated carbocycles. The van der Waals surface area contributed by atoms with Crippen LogP contribution >= 0.6 is 11.6 Å². The summed E-state index contributed by atoms with van der Waals surface area (Å²) < 4.78 is 71.0. The van der Waals surface area contributed by atoms with Crippen LogP contribution in [-0.2, 0) is 20.0 Å². The Kier molecular flexibility index (Phi) is 18.3. The lowest BCUT2D eigenvalue weighted by Gasteiger charge is -2.34. The summed E-state index contributed by atoms with van der Waals surface area (Å²) in [4.78, 5) is 72.5. The molecule has 2 atom stereocenters. The zero-order valence-corrected chi connectivity index (χ0v) is 52.6. The average molecular weight is 1250 g/mol. The first-order valence-electron chi connectivity index (χ1n) is 30.0. The van der Waals surface area contributed by atoms with E-state index in [1.165, 1.54) is 90.6 Å². The van der Waals surface area contributed by atoms with Gasteiger partial charge in [-0.1, -0.05) is 51.4 Å². The Hall–Kier alpha value is -7.37. The van der Waals surface area contributed by atoms with Crippen molar-refractivity contribution < 1.29 is 35.9 Å². The molecule has 0 aromatic carbocycles. The monoisotopic (exact) mass is 1250 g/mol. The Morgan fingerprint density at radius 2 is 1.39 bits per heavy atom. The van der Waals surface area contributed by atoms with Crippen molar-refractivity contribution in [2.24, 2.45) is 28.1 Å². The Morgan fingerprint density at radius 3 is 2.02 bits per heavy atom. The lowest BCUT2D eigenvalue weighted by Crippen LogP contribution is -2.41. The smallest absolute Gasteiger partial charge is 0.298 e. The molecule has 87 heavy (non-hydrogen) atoms. The molecule has 24 heteroatoms. The highest BCUT2D eigenvalue weighted by Crippen LogP contribution is 2.49. The summed E-state index contributed by atoms with van der Waals surface area (Å²) in [6.07, 6.45) is 18.1. The van der Waals surface area contributed by atoms with E-state index in [1.807, 2.05) is 4.72 Å². The zero-order chi connectivity index (χ0) is 61.9. The van der Waals surface area contributed by atoms with Crippen LogP contribution in [0.15, 0.2) is 117 Å². The van der Waals surface area contributed by atoms with Crippen LogP contribution in [0.3, 0.4) is 0 Å². The molecule has 0 radical (unpaired) electrons. The molecule has 6 aromatic rings. The number of sulfonamides is 2. The van der Waals surface area contributed by atoms with E-state index in [9.17, 15) is 36.0 Å². The third-order valence-corrected chi connectivity index (χ3v) is 20.3. The van der Waals surface area contributed by atoms with Crippen LogP contribution in [0.25, 0.3) is 11.6 Å². The average Bonchev–Trinajstić information content (AvgIpc) is 1.97. The number of halogens is 1. The predicted octanol–water partition coefficient (Wildman–Crippen LogP) is 10.1. The number of hydrogen-bond donors (Lipinski definition) is 4. The van der Waals surface area contributed by atoms with Crippen LogP contribution in [0.2, 0.25) is 5.15 Å². The number of amides is 2. The molecule has 8 heterocycles. The number of nitrogens with zero attached hydrogens (tertiary/aromatic N) is 7. The second kappa shape index (κ2) is 25.4. The fourth-order valence-electron chi connectivity index (χ4n) is 11.7. The fraction of sp³-hybridized carbons (Fsp3) is 0.492. The molecule has 0 spiro atoms. The lowest BCUT2D eigenvalue weighted by molar-refractivity contribution is 0.0972. The van der Waals surface area contributed by atoms with Gasteiger partial charge in [-0.15, -0.1) is 0 Å². The van der Waals surface area contributed by atoms with Crippen molar-refractivity contribution >= 4 is 60.9 Å². The van der Waals surface area contributed by atoms with Gasteiger partial charge in [0.2, 0.25) is 0 Å². The molecule has 464 valence electrons. The maximum absolute atomic E-state index is 13.6. The van der Waals surface area contributed by atoms with E-state index >= 15 is 0 Å². The Morgan fingerprint density at radius 1 is 0.747 bits per heavy atom. The van der Waals surface area contributed by atoms with E-state index in [-0.39, 0.29) is 54.7 Å². The summed E-state index contributed by atoms with van der Waals surface area (Å²) >= 11 is 6.30. The number of carbonyl (C=O) groups excluding carboxylic acids is 2. The summed E-state index contributed by atoms with van der Waals surface area (Å²) in [6, 6.07) is 21.7. The topological polar surface area (TPSA) is 268 Å². The maximum atomic E-state index is 13.6. The van der Waals surface area contributed by atoms with Gasteiger partial charge in [0, 0.05) is 37.6 Å². The highest BCUT2D eigenvalue weighted by atomic mass is 35.5. The molecule has 1 saturated heterocycles. The molecular weight excluding hydrogens is 1170 g/mol. The first-order valence-corrected chi connectivity index (χ1v) is 33.3. The number of ether oxygens (including phenoxy) is 2. The van der Waals surface area contributed by atoms with Crippen molar-refractivity contribution in [2.75, 3.05) is 48.4 Å². The number of fused-ring (bicyclic) bond motifs is 6. The minimum atomic E-state index is -4.30. The van der Waals surface area contributed by atoms with Crippen LogP contribution in [0.1, 0.15) is 152 Å². The van der Waals surface area contributed by atoms with Crippen molar-refractivity contribution in [3.8, 4) is 23.1 Å². The molecule has 4 bridgehead atoms. The van der Waals surface area contributed by atoms with Gasteiger partial charge in [0.1, 0.15) is 34.2 Å². The molecule has 5 aliphatic rings. The second-order valence-corrected chi connectivity index (χ2v) is 29.6. The normalized spacial score (nSPS) is 20.2. The third kappa shape index (κ3) is 15.5. The summed E-state index contributed by atoms with van der Waals surface area (Å²) in [7, 11) is -8.57. The summed E-state index contributed by atoms with van der Waals surface area (Å²) in [6.45, 7) is 16.1. The molecule has 4 N–H and O–H groups in total. The number of aromatic nitrogens is 6. The summed E-state index contributed by atoms with van der Waals surface area (Å²) in [5.41, 5.74) is -0.171. The maximum Gasteiger partial charge on any atom is 0.298 e. The minimum Gasteiger partial charge on any atom is -0.488 e. The van der Waals surface area contributed by atoms with Crippen molar-refractivity contribution in [1.29, 1.82) is 0 Å². The van der Waals surface area contributed by atoms with E-state index in [4.69, 9.17) is 26.1 Å². The van der Waals surface area contributed by atoms with Crippen LogP contribution in [0, 0.1) is 28.1 Å². The largest absolute Gasteiger partial charge is 0.488 e. The Balaban J connectivity index is 0.000000193. The molecule has 2 aliphatic heterocycles. The van der Waals surface area contributed by atoms with Gasteiger partial charge in [-0.05, 0) is 205 Å². The minimum absolute atomic E-state index is 0.100. The van der Waals surface area contributed by atoms with Gasteiger partial charge in [-0.3, -0.25) is 28.3 Å². The molecule has 11 rings (SSSR count). The van der Waals surface area contributed by atoms with Crippen molar-refractivity contribution in [3.63, 3.8) is 0 Å². The van der Waals surface area contributed by atoms with E-state index in [1.54, 1.807) is 60.8 Å². The summed E-state index contributed by atoms with van der Waals surface area (Å²) in [5, 5.41) is 5.58. The van der Waals surface area contributed by atoms with Crippen molar-refractivity contribution in [1.82, 2.24) is 38.5 Å². The number of rotatable bonds is 18. The summed E-state index contributed by atoms with van der Waals surface area (Å²) in [5.74, 6) is 1.34. The van der Waals surface area contributed by atoms with Gasteiger partial charge < -0.3 is 25.0 Å². The van der Waals surface area contributed by atoms with Crippen LogP contribution in [0.5, 0.6) is 11.5 Å². The first kappa shape index (κ1) is 62.7. The van der Waals surface area contributed by atoms with Crippen molar-refractivity contribution in [2.45, 2.75) is 147 Å². The molecule has 0 unspecified atom stereocenters. The van der Waals surface area contributed by atoms with Gasteiger partial charge in [0.15, 0.2) is 21.6 Å². The molecule has 3 aliphatic carbocycles. The molecule has 4 fully saturated rings. The van der Waals surface area contributed by atoms with Gasteiger partial charge in [-0.25, -0.2) is 29.4 Å². The van der Waals surface area contributed by atoms with Gasteiger partial charge in [0.25, 0.3) is 43.0 Å². The Bertz CT molecular complexity index is 3900. The lowest BCUT2D eigenvalue weighted by atomic mass is 9.89. The number of nitrogens with one attached hydrogen (secondary N) is 4. The molecule has 2 amide bonds. The first-order chi connectivity index (χ1) is 41.3. The van der Waals surface area contributed by atoms with Crippen LogP contribution in [0.4, 0.5) is 17.5 Å². The predicted molar refractivity (Wildman–Crippen MR) is 333 cm³/mol. The van der Waals surface area contributed by atoms with Crippen molar-refractivity contribution in [3.05, 3.63) is 134 Å². The van der Waals surface area contributed by atoms with E-state index < -0.39 is 37.4 Å². The Labute approximate surface area is 513 Å². The van der Waals surface area contributed by atoms with E-state index in [2.05, 4.69) is 76.7 Å². The second-order valence-electron chi connectivity index (χ2n) is 26.0. The number of hydrogen-bond acceptors (Lipinski definition) is 17. The highest BCUT2D eigenvalue weighted by Gasteiger charge is 2.42. The van der Waals surface area contributed by atoms with Crippen LogP contribution in [-0.4, -0.2) is 96.1 Å². The third-order valence-electron chi connectivity index (χ3n) is 17.6. The quantitative estimate of drug-likeness (QED) is 0.0460. The van der Waals surface area contributed by atoms with Crippen LogP contribution < -0.4 is 45.6 Å².